The van der Waals surface area contributed by atoms with Crippen LogP contribution in [-0.4, -0.2) is 6.04 Å². The lowest BCUT2D eigenvalue weighted by Crippen LogP contribution is -2.24. The lowest BCUT2D eigenvalue weighted by Gasteiger charge is -2.14. The van der Waals surface area contributed by atoms with Crippen LogP contribution in [0, 0.1) is 23.7 Å². The van der Waals surface area contributed by atoms with Crippen molar-refractivity contribution in [1.82, 2.24) is 0 Å². The van der Waals surface area contributed by atoms with Crippen LogP contribution in [0.25, 0.3) is 0 Å². The Hall–Kier alpha value is -0.480. The van der Waals surface area contributed by atoms with Crippen LogP contribution in [0.15, 0.2) is 0 Å². The smallest absolute Gasteiger partial charge is 0.0120 e. The van der Waals surface area contributed by atoms with E-state index in [-0.39, 0.29) is 0 Å². The lowest BCUT2D eigenvalue weighted by molar-refractivity contribution is 0.400. The van der Waals surface area contributed by atoms with Gasteiger partial charge in [-0.2, -0.15) is 0 Å². The summed E-state index contributed by atoms with van der Waals surface area (Å²) < 4.78 is 0. The van der Waals surface area contributed by atoms with E-state index in [2.05, 4.69) is 18.8 Å². The van der Waals surface area contributed by atoms with Crippen LogP contribution in [0.1, 0.15) is 33.1 Å². The van der Waals surface area contributed by atoms with E-state index in [4.69, 9.17) is 5.73 Å². The molecule has 1 aliphatic rings. The van der Waals surface area contributed by atoms with Crippen LogP contribution in [-0.2, 0) is 0 Å². The molecular formula is C10H17N. The van der Waals surface area contributed by atoms with Crippen molar-refractivity contribution in [1.29, 1.82) is 0 Å². The molecule has 1 heteroatoms. The van der Waals surface area contributed by atoms with Gasteiger partial charge in [-0.3, -0.25) is 0 Å². The summed E-state index contributed by atoms with van der Waals surface area (Å²) in [5.74, 6) is 7.51. The van der Waals surface area contributed by atoms with E-state index in [1.165, 1.54) is 12.8 Å². The van der Waals surface area contributed by atoms with Crippen molar-refractivity contribution < 1.29 is 0 Å². The number of hydrogen-bond acceptors (Lipinski definition) is 1. The van der Waals surface area contributed by atoms with Crippen molar-refractivity contribution in [3.63, 3.8) is 0 Å². The van der Waals surface area contributed by atoms with Crippen LogP contribution in [0.4, 0.5) is 0 Å². The minimum atomic E-state index is 0.429. The normalized spacial score (nSPS) is 36.5. The molecule has 0 saturated heterocycles. The van der Waals surface area contributed by atoms with Crippen LogP contribution in [0.5, 0.6) is 0 Å². The van der Waals surface area contributed by atoms with Gasteiger partial charge in [0, 0.05) is 12.5 Å². The summed E-state index contributed by atoms with van der Waals surface area (Å²) in [5.41, 5.74) is 5.89. The minimum Gasteiger partial charge on any atom is -0.327 e. The number of nitrogens with two attached hydrogens (primary N) is 1. The van der Waals surface area contributed by atoms with Crippen molar-refractivity contribution in [3.8, 4) is 11.8 Å². The second kappa shape index (κ2) is 3.78. The van der Waals surface area contributed by atoms with E-state index in [9.17, 15) is 0 Å². The number of rotatable bonds is 1. The molecular weight excluding hydrogens is 134 g/mol. The first-order valence-corrected chi connectivity index (χ1v) is 4.41. The largest absolute Gasteiger partial charge is 0.327 e. The summed E-state index contributed by atoms with van der Waals surface area (Å²) in [4.78, 5) is 0. The molecule has 0 aromatic rings. The van der Waals surface area contributed by atoms with Gasteiger partial charge in [-0.05, 0) is 31.6 Å². The molecule has 2 N–H and O–H groups in total. The molecule has 1 fully saturated rings. The van der Waals surface area contributed by atoms with E-state index >= 15 is 0 Å². The SMILES string of the molecule is CC#CCC1CCC(N)C1C. The molecule has 0 radical (unpaired) electrons. The van der Waals surface area contributed by atoms with Crippen molar-refractivity contribution >= 4 is 0 Å². The summed E-state index contributed by atoms with van der Waals surface area (Å²) >= 11 is 0. The van der Waals surface area contributed by atoms with Gasteiger partial charge in [0.15, 0.2) is 0 Å². The highest BCUT2D eigenvalue weighted by molar-refractivity contribution is 4.99. The Balaban J connectivity index is 2.40. The van der Waals surface area contributed by atoms with Crippen molar-refractivity contribution in [2.24, 2.45) is 17.6 Å². The maximum absolute atomic E-state index is 5.89. The Bertz CT molecular complexity index is 175. The molecule has 0 aromatic carbocycles. The van der Waals surface area contributed by atoms with E-state index in [0.717, 1.165) is 12.3 Å². The third-order valence-corrected chi connectivity index (χ3v) is 2.83. The molecule has 1 rings (SSSR count). The Morgan fingerprint density at radius 1 is 1.45 bits per heavy atom. The average Bonchev–Trinajstić information content (AvgIpc) is 2.31. The Morgan fingerprint density at radius 3 is 2.64 bits per heavy atom. The third-order valence-electron chi connectivity index (χ3n) is 2.83. The van der Waals surface area contributed by atoms with Gasteiger partial charge >= 0.3 is 0 Å². The first-order chi connectivity index (χ1) is 5.25. The maximum atomic E-state index is 5.89. The standard InChI is InChI=1S/C10H17N/c1-3-4-5-9-6-7-10(11)8(9)2/h8-10H,5-7,11H2,1-2H3. The molecule has 0 bridgehead atoms. The molecule has 0 amide bonds. The molecule has 3 atom stereocenters. The van der Waals surface area contributed by atoms with Gasteiger partial charge in [-0.25, -0.2) is 0 Å². The molecule has 62 valence electrons. The van der Waals surface area contributed by atoms with Crippen molar-refractivity contribution in [2.45, 2.75) is 39.2 Å². The zero-order valence-corrected chi connectivity index (χ0v) is 7.43. The minimum absolute atomic E-state index is 0.429. The summed E-state index contributed by atoms with van der Waals surface area (Å²) in [6, 6.07) is 0.429. The number of hydrogen-bond donors (Lipinski definition) is 1. The predicted octanol–water partition coefficient (Wildman–Crippen LogP) is 1.77. The first-order valence-electron chi connectivity index (χ1n) is 4.41. The molecule has 11 heavy (non-hydrogen) atoms. The monoisotopic (exact) mass is 151 g/mol. The topological polar surface area (TPSA) is 26.0 Å². The average molecular weight is 151 g/mol. The van der Waals surface area contributed by atoms with Gasteiger partial charge in [0.05, 0.1) is 0 Å². The van der Waals surface area contributed by atoms with Gasteiger partial charge in [0.1, 0.15) is 0 Å². The zero-order valence-electron chi connectivity index (χ0n) is 7.43. The van der Waals surface area contributed by atoms with Crippen molar-refractivity contribution in [3.05, 3.63) is 0 Å². The van der Waals surface area contributed by atoms with Crippen LogP contribution in [0.2, 0.25) is 0 Å². The highest BCUT2D eigenvalue weighted by atomic mass is 14.7. The highest BCUT2D eigenvalue weighted by Gasteiger charge is 2.29. The molecule has 3 unspecified atom stereocenters. The molecule has 0 spiro atoms. The highest BCUT2D eigenvalue weighted by Crippen LogP contribution is 2.32. The first kappa shape index (κ1) is 8.62. The predicted molar refractivity (Wildman–Crippen MR) is 47.9 cm³/mol. The fraction of sp³-hybridized carbons (Fsp3) is 0.800. The Labute approximate surface area is 69.4 Å². The van der Waals surface area contributed by atoms with Crippen molar-refractivity contribution in [2.75, 3.05) is 0 Å². The zero-order chi connectivity index (χ0) is 8.27. The third kappa shape index (κ3) is 1.97. The molecule has 1 nitrogen and oxygen atoms in total. The fourth-order valence-corrected chi connectivity index (χ4v) is 1.80. The Kier molecular flexibility index (Phi) is 2.96. The van der Waals surface area contributed by atoms with Crippen LogP contribution in [0.3, 0.4) is 0 Å². The van der Waals surface area contributed by atoms with E-state index < -0.39 is 0 Å². The molecule has 0 heterocycles. The van der Waals surface area contributed by atoms with Gasteiger partial charge in [-0.15, -0.1) is 11.8 Å². The summed E-state index contributed by atoms with van der Waals surface area (Å²) in [6.07, 6.45) is 3.51. The molecule has 1 aliphatic carbocycles. The van der Waals surface area contributed by atoms with E-state index in [1.807, 2.05) is 6.92 Å². The summed E-state index contributed by atoms with van der Waals surface area (Å²) in [7, 11) is 0. The summed E-state index contributed by atoms with van der Waals surface area (Å²) in [5, 5.41) is 0. The maximum Gasteiger partial charge on any atom is 0.0120 e. The molecule has 0 aromatic heterocycles. The van der Waals surface area contributed by atoms with E-state index in [0.29, 0.717) is 12.0 Å². The summed E-state index contributed by atoms with van der Waals surface area (Å²) in [6.45, 7) is 4.15. The van der Waals surface area contributed by atoms with Gasteiger partial charge in [0.25, 0.3) is 0 Å². The Morgan fingerprint density at radius 2 is 2.18 bits per heavy atom. The van der Waals surface area contributed by atoms with E-state index in [1.54, 1.807) is 0 Å². The molecule has 0 aliphatic heterocycles. The second-order valence-electron chi connectivity index (χ2n) is 3.49. The van der Waals surface area contributed by atoms with Gasteiger partial charge in [-0.1, -0.05) is 6.92 Å². The quantitative estimate of drug-likeness (QED) is 0.568. The van der Waals surface area contributed by atoms with Crippen LogP contribution >= 0.6 is 0 Å². The molecule has 1 saturated carbocycles. The second-order valence-corrected chi connectivity index (χ2v) is 3.49. The lowest BCUT2D eigenvalue weighted by atomic mass is 9.93. The fourth-order valence-electron chi connectivity index (χ4n) is 1.80. The van der Waals surface area contributed by atoms with Gasteiger partial charge < -0.3 is 5.73 Å². The van der Waals surface area contributed by atoms with Gasteiger partial charge in [0.2, 0.25) is 0 Å². The van der Waals surface area contributed by atoms with Crippen LogP contribution < -0.4 is 5.73 Å².